The summed E-state index contributed by atoms with van der Waals surface area (Å²) in [5.41, 5.74) is 0.925. The molecule has 0 aliphatic rings. The summed E-state index contributed by atoms with van der Waals surface area (Å²) in [6.45, 7) is 4.16. The molecule has 7 heteroatoms. The SMILES string of the molecule is CCOc1ccc([C@H](C)NC(=O)CN(C)S(C)(=O)=O)cc1. The van der Waals surface area contributed by atoms with E-state index in [2.05, 4.69) is 5.32 Å². The Kier molecular flexibility index (Phi) is 6.17. The van der Waals surface area contributed by atoms with Gasteiger partial charge in [0.1, 0.15) is 5.75 Å². The van der Waals surface area contributed by atoms with E-state index in [4.69, 9.17) is 4.74 Å². The first kappa shape index (κ1) is 17.5. The first-order valence-corrected chi connectivity index (χ1v) is 8.52. The second-order valence-electron chi connectivity index (χ2n) is 4.81. The topological polar surface area (TPSA) is 75.7 Å². The van der Waals surface area contributed by atoms with Crippen LogP contribution in [0.4, 0.5) is 0 Å². The maximum atomic E-state index is 11.8. The molecule has 0 saturated heterocycles. The molecule has 0 unspecified atom stereocenters. The Morgan fingerprint density at radius 3 is 2.38 bits per heavy atom. The maximum absolute atomic E-state index is 11.8. The van der Waals surface area contributed by atoms with Crippen molar-refractivity contribution in [3.8, 4) is 5.75 Å². The quantitative estimate of drug-likeness (QED) is 0.819. The number of sulfonamides is 1. The van der Waals surface area contributed by atoms with Gasteiger partial charge in [0.25, 0.3) is 0 Å². The van der Waals surface area contributed by atoms with Crippen molar-refractivity contribution in [1.82, 2.24) is 9.62 Å². The molecule has 21 heavy (non-hydrogen) atoms. The van der Waals surface area contributed by atoms with Crippen molar-refractivity contribution in [2.24, 2.45) is 0 Å². The van der Waals surface area contributed by atoms with Gasteiger partial charge in [-0.25, -0.2) is 8.42 Å². The number of rotatable bonds is 7. The molecule has 1 rings (SSSR count). The molecule has 1 N–H and O–H groups in total. The Balaban J connectivity index is 2.60. The Morgan fingerprint density at radius 1 is 1.33 bits per heavy atom. The number of likely N-dealkylation sites (N-methyl/N-ethyl adjacent to an activating group) is 1. The van der Waals surface area contributed by atoms with Crippen LogP contribution >= 0.6 is 0 Å². The molecule has 0 saturated carbocycles. The van der Waals surface area contributed by atoms with Crippen LogP contribution in [0.15, 0.2) is 24.3 Å². The van der Waals surface area contributed by atoms with Gasteiger partial charge in [0.15, 0.2) is 0 Å². The summed E-state index contributed by atoms with van der Waals surface area (Å²) in [6, 6.07) is 7.21. The van der Waals surface area contributed by atoms with Crippen LogP contribution in [-0.2, 0) is 14.8 Å². The summed E-state index contributed by atoms with van der Waals surface area (Å²) < 4.78 is 28.9. The highest BCUT2D eigenvalue weighted by atomic mass is 32.2. The van der Waals surface area contributed by atoms with Crippen molar-refractivity contribution in [3.63, 3.8) is 0 Å². The van der Waals surface area contributed by atoms with E-state index in [1.165, 1.54) is 7.05 Å². The Bertz CT molecular complexity index is 569. The average Bonchev–Trinajstić information content (AvgIpc) is 2.38. The van der Waals surface area contributed by atoms with Gasteiger partial charge in [0.2, 0.25) is 15.9 Å². The molecule has 0 fully saturated rings. The number of carbonyl (C=O) groups excluding carboxylic acids is 1. The van der Waals surface area contributed by atoms with Crippen LogP contribution in [0.1, 0.15) is 25.5 Å². The van der Waals surface area contributed by atoms with Crippen LogP contribution < -0.4 is 10.1 Å². The van der Waals surface area contributed by atoms with Crippen molar-refractivity contribution < 1.29 is 17.9 Å². The van der Waals surface area contributed by atoms with Crippen molar-refractivity contribution >= 4 is 15.9 Å². The van der Waals surface area contributed by atoms with Crippen molar-refractivity contribution in [3.05, 3.63) is 29.8 Å². The Morgan fingerprint density at radius 2 is 1.90 bits per heavy atom. The minimum absolute atomic E-state index is 0.194. The average molecular weight is 314 g/mol. The van der Waals surface area contributed by atoms with Gasteiger partial charge in [-0.1, -0.05) is 12.1 Å². The van der Waals surface area contributed by atoms with Crippen molar-refractivity contribution in [2.75, 3.05) is 26.5 Å². The van der Waals surface area contributed by atoms with Gasteiger partial charge in [-0.2, -0.15) is 4.31 Å². The third kappa shape index (κ3) is 5.73. The van der Waals surface area contributed by atoms with Gasteiger partial charge in [-0.15, -0.1) is 0 Å². The van der Waals surface area contributed by atoms with Crippen molar-refractivity contribution in [1.29, 1.82) is 0 Å². The van der Waals surface area contributed by atoms with Gasteiger partial charge >= 0.3 is 0 Å². The largest absolute Gasteiger partial charge is 0.494 e. The van der Waals surface area contributed by atoms with E-state index in [0.717, 1.165) is 21.9 Å². The summed E-state index contributed by atoms with van der Waals surface area (Å²) in [5, 5.41) is 2.76. The number of ether oxygens (including phenoxy) is 1. The second kappa shape index (κ2) is 7.42. The Hall–Kier alpha value is -1.60. The summed E-state index contributed by atoms with van der Waals surface area (Å²) >= 11 is 0. The number of hydrogen-bond donors (Lipinski definition) is 1. The first-order chi connectivity index (χ1) is 9.74. The number of carbonyl (C=O) groups is 1. The number of amides is 1. The molecule has 0 aliphatic heterocycles. The molecule has 0 spiro atoms. The second-order valence-corrected chi connectivity index (χ2v) is 6.90. The number of nitrogens with zero attached hydrogens (tertiary/aromatic N) is 1. The van der Waals surface area contributed by atoms with Gasteiger partial charge < -0.3 is 10.1 Å². The molecule has 1 amide bonds. The standard InChI is InChI=1S/C14H22N2O4S/c1-5-20-13-8-6-12(7-9-13)11(2)15-14(17)10-16(3)21(4,18)19/h6-9,11H,5,10H2,1-4H3,(H,15,17)/t11-/m0/s1. The lowest BCUT2D eigenvalue weighted by Crippen LogP contribution is -2.38. The number of benzene rings is 1. The van der Waals surface area contributed by atoms with E-state index in [1.807, 2.05) is 38.1 Å². The van der Waals surface area contributed by atoms with Crippen LogP contribution in [-0.4, -0.2) is 45.1 Å². The van der Waals surface area contributed by atoms with E-state index in [9.17, 15) is 13.2 Å². The van der Waals surface area contributed by atoms with Crippen LogP contribution in [0.2, 0.25) is 0 Å². The summed E-state index contributed by atoms with van der Waals surface area (Å²) in [6.07, 6.45) is 1.07. The van der Waals surface area contributed by atoms with E-state index in [0.29, 0.717) is 6.61 Å². The third-order valence-electron chi connectivity index (χ3n) is 3.00. The lowest BCUT2D eigenvalue weighted by molar-refractivity contribution is -0.121. The predicted octanol–water partition coefficient (Wildman–Crippen LogP) is 1.15. The van der Waals surface area contributed by atoms with Crippen molar-refractivity contribution in [2.45, 2.75) is 19.9 Å². The smallest absolute Gasteiger partial charge is 0.235 e. The molecule has 0 aromatic heterocycles. The molecule has 0 heterocycles. The molecule has 1 aromatic carbocycles. The molecular formula is C14H22N2O4S. The Labute approximate surface area is 126 Å². The van der Waals surface area contributed by atoms with E-state index >= 15 is 0 Å². The zero-order valence-corrected chi connectivity index (χ0v) is 13.6. The highest BCUT2D eigenvalue weighted by molar-refractivity contribution is 7.88. The molecule has 118 valence electrons. The molecule has 0 radical (unpaired) electrons. The van der Waals surface area contributed by atoms with E-state index in [1.54, 1.807) is 0 Å². The lowest BCUT2D eigenvalue weighted by Gasteiger charge is -2.18. The molecule has 1 aromatic rings. The van der Waals surface area contributed by atoms with Gasteiger partial charge in [-0.05, 0) is 31.5 Å². The maximum Gasteiger partial charge on any atom is 0.235 e. The number of hydrogen-bond acceptors (Lipinski definition) is 4. The monoisotopic (exact) mass is 314 g/mol. The van der Waals surface area contributed by atoms with Crippen LogP contribution in [0, 0.1) is 0 Å². The lowest BCUT2D eigenvalue weighted by atomic mass is 10.1. The number of nitrogens with one attached hydrogen (secondary N) is 1. The highest BCUT2D eigenvalue weighted by Crippen LogP contribution is 2.17. The molecule has 0 bridgehead atoms. The van der Waals surface area contributed by atoms with Gasteiger partial charge in [0.05, 0.1) is 25.4 Å². The first-order valence-electron chi connectivity index (χ1n) is 6.67. The normalized spacial score (nSPS) is 13.0. The van der Waals surface area contributed by atoms with Crippen LogP contribution in [0.25, 0.3) is 0 Å². The summed E-state index contributed by atoms with van der Waals surface area (Å²) in [4.78, 5) is 11.8. The molecule has 0 aliphatic carbocycles. The fourth-order valence-electron chi connectivity index (χ4n) is 1.71. The van der Waals surface area contributed by atoms with Gasteiger partial charge in [0, 0.05) is 7.05 Å². The van der Waals surface area contributed by atoms with E-state index in [-0.39, 0.29) is 18.5 Å². The predicted molar refractivity (Wildman–Crippen MR) is 81.6 cm³/mol. The van der Waals surface area contributed by atoms with E-state index < -0.39 is 10.0 Å². The summed E-state index contributed by atoms with van der Waals surface area (Å²) in [5.74, 6) is 0.431. The van der Waals surface area contributed by atoms with Crippen LogP contribution in [0.3, 0.4) is 0 Å². The third-order valence-corrected chi connectivity index (χ3v) is 4.26. The van der Waals surface area contributed by atoms with Crippen LogP contribution in [0.5, 0.6) is 5.75 Å². The highest BCUT2D eigenvalue weighted by Gasteiger charge is 2.17. The molecule has 1 atom stereocenters. The minimum Gasteiger partial charge on any atom is -0.494 e. The fraction of sp³-hybridized carbons (Fsp3) is 0.500. The molecule has 6 nitrogen and oxygen atoms in total. The zero-order valence-electron chi connectivity index (χ0n) is 12.8. The minimum atomic E-state index is -3.35. The van der Waals surface area contributed by atoms with Gasteiger partial charge in [-0.3, -0.25) is 4.79 Å². The zero-order chi connectivity index (χ0) is 16.0. The molecular weight excluding hydrogens is 292 g/mol. The summed E-state index contributed by atoms with van der Waals surface area (Å²) in [7, 11) is -1.98. The fourth-order valence-corrected chi connectivity index (χ4v) is 2.06.